The quantitative estimate of drug-likeness (QED) is 0.0528. The Balaban J connectivity index is -0.000000702. The van der Waals surface area contributed by atoms with Crippen LogP contribution >= 0.6 is 0 Å². The van der Waals surface area contributed by atoms with Crippen LogP contribution in [0.15, 0.2) is 40.6 Å². The molecule has 0 saturated carbocycles. The Kier molecular flexibility index (Phi) is 19.1. The molecular weight excluding hydrogens is 652 g/mol. The van der Waals surface area contributed by atoms with E-state index in [-0.39, 0.29) is 57.7 Å². The fraction of sp³-hybridized carbons (Fsp3) is 0.773. The van der Waals surface area contributed by atoms with E-state index < -0.39 is 0 Å². The number of hydrogen-bond acceptors (Lipinski definition) is 8. The first-order valence-electron chi connectivity index (χ1n) is 19.9. The van der Waals surface area contributed by atoms with Gasteiger partial charge >= 0.3 is 11.9 Å². The second kappa shape index (κ2) is 22.1. The Morgan fingerprint density at radius 2 is 1.04 bits per heavy atom. The molecule has 2 aliphatic rings. The van der Waals surface area contributed by atoms with Gasteiger partial charge < -0.3 is 14.4 Å². The van der Waals surface area contributed by atoms with Crippen LogP contribution in [0.1, 0.15) is 189 Å². The zero-order chi connectivity index (χ0) is 38.7. The molecule has 8 heteroatoms. The number of hydroxylamine groups is 2. The lowest BCUT2D eigenvalue weighted by Gasteiger charge is -2.54. The number of piperidine rings is 2. The lowest BCUT2D eigenvalue weighted by molar-refractivity contribution is -0.293. The lowest BCUT2D eigenvalue weighted by atomic mass is 9.78. The van der Waals surface area contributed by atoms with E-state index in [1.54, 1.807) is 0 Å². The van der Waals surface area contributed by atoms with Crippen LogP contribution < -0.4 is 0 Å². The average molecular weight is 737 g/mol. The molecule has 0 amide bonds. The molecule has 0 spiro atoms. The van der Waals surface area contributed by atoms with Crippen molar-refractivity contribution >= 4 is 17.9 Å². The van der Waals surface area contributed by atoms with Crippen molar-refractivity contribution < 1.29 is 40.1 Å². The molecule has 8 nitrogen and oxygen atoms in total. The Morgan fingerprint density at radius 3 is 1.54 bits per heavy atom. The van der Waals surface area contributed by atoms with Crippen molar-refractivity contribution in [2.75, 3.05) is 6.61 Å². The summed E-state index contributed by atoms with van der Waals surface area (Å²) in [6.45, 7) is 20.2. The van der Waals surface area contributed by atoms with Gasteiger partial charge in [0.15, 0.2) is 5.94 Å². The summed E-state index contributed by atoms with van der Waals surface area (Å²) in [6, 6.07) is 0. The third kappa shape index (κ3) is 16.2. The van der Waals surface area contributed by atoms with E-state index in [4.69, 9.17) is 14.3 Å². The second-order valence-electron chi connectivity index (χ2n) is 17.2. The van der Waals surface area contributed by atoms with Gasteiger partial charge in [-0.05, 0) is 91.8 Å². The van der Waals surface area contributed by atoms with Crippen LogP contribution in [0.3, 0.4) is 0 Å². The number of unbranched alkanes of at least 4 members (excludes halogenated alkanes) is 10. The van der Waals surface area contributed by atoms with Crippen LogP contribution in [-0.4, -0.2) is 68.8 Å². The monoisotopic (exact) mass is 737 g/mol. The van der Waals surface area contributed by atoms with Gasteiger partial charge in [0.05, 0.1) is 12.8 Å². The van der Waals surface area contributed by atoms with Gasteiger partial charge in [0.2, 0.25) is 0 Å². The predicted molar refractivity (Wildman–Crippen MR) is 223 cm³/mol. The average Bonchev–Trinajstić information content (AvgIpc) is 3.02. The SMILES string of the molecule is CCCCCCCCON1C(C)(C)CC(OC(=O)CCCCCCCCC(=O)OC2CC(C)(C)N(C=C=C=C=C=C=C=C=O)C(C)(C)C2)CC1(C)C.[HH].[HH].[HH].[HH].[HH].[HH].[HH].[HH]. The normalized spacial score (nSPS) is 19.1. The van der Waals surface area contributed by atoms with E-state index in [0.29, 0.717) is 25.7 Å². The first-order chi connectivity index (χ1) is 24.5. The predicted octanol–water partition coefficient (Wildman–Crippen LogP) is 11.8. The van der Waals surface area contributed by atoms with Crippen molar-refractivity contribution in [2.24, 2.45) is 0 Å². The smallest absolute Gasteiger partial charge is 0.306 e. The maximum absolute atomic E-state index is 12.8. The fourth-order valence-electron chi connectivity index (χ4n) is 8.27. The number of ether oxygens (including phenoxy) is 2. The van der Waals surface area contributed by atoms with E-state index in [1.807, 2.05) is 6.20 Å². The largest absolute Gasteiger partial charge is 0.462 e. The summed E-state index contributed by atoms with van der Waals surface area (Å²) in [6.07, 6.45) is 18.5. The molecule has 0 aromatic heterocycles. The standard InChI is InChI=1S/C44H68N2O6.8H2/c1-10-11-12-13-22-27-32-50-46-43(6,7)35-38(36-44(46,8)9)52-40(49)29-24-19-15-14-18-23-28-39(48)51-37-33-41(2,3)45(42(4,5)34-37)30-25-20-16-17-21-26-31-47;;;;;;;;/h30,37-38H,10-15,18-19,22-24,27-29,32-36H2,1-9H3;8*1H. The third-order valence-electron chi connectivity index (χ3n) is 10.2. The van der Waals surface area contributed by atoms with Crippen LogP contribution in [-0.2, 0) is 28.7 Å². The van der Waals surface area contributed by atoms with Gasteiger partial charge in [0, 0.05) is 89.3 Å². The second-order valence-corrected chi connectivity index (χ2v) is 17.2. The number of carbonyl (C=O) groups is 2. The van der Waals surface area contributed by atoms with Gasteiger partial charge in [-0.25, -0.2) is 4.79 Å². The van der Waals surface area contributed by atoms with E-state index in [0.717, 1.165) is 64.4 Å². The Hall–Kier alpha value is -3.21. The molecule has 0 unspecified atom stereocenters. The van der Waals surface area contributed by atoms with E-state index in [2.05, 4.69) is 107 Å². The zero-order valence-electron chi connectivity index (χ0n) is 34.0. The van der Waals surface area contributed by atoms with Gasteiger partial charge in [-0.1, -0.05) is 64.7 Å². The number of hydrogen-bond donors (Lipinski definition) is 0. The molecule has 2 saturated heterocycles. The summed E-state index contributed by atoms with van der Waals surface area (Å²) in [5.41, 5.74) is 14.3. The molecule has 2 rings (SSSR count). The van der Waals surface area contributed by atoms with Crippen LogP contribution in [0.25, 0.3) is 0 Å². The summed E-state index contributed by atoms with van der Waals surface area (Å²) in [7, 11) is 0. The summed E-state index contributed by atoms with van der Waals surface area (Å²) in [5.74, 6) is 1.23. The van der Waals surface area contributed by atoms with Crippen LogP contribution in [0, 0.1) is 0 Å². The summed E-state index contributed by atoms with van der Waals surface area (Å²) >= 11 is 0. The maximum Gasteiger partial charge on any atom is 0.306 e. The lowest BCUT2D eigenvalue weighted by Crippen LogP contribution is -2.62. The molecule has 0 atom stereocenters. The van der Waals surface area contributed by atoms with Gasteiger partial charge in [0.1, 0.15) is 12.2 Å². The molecule has 0 radical (unpaired) electrons. The highest BCUT2D eigenvalue weighted by Crippen LogP contribution is 2.41. The van der Waals surface area contributed by atoms with Crippen molar-refractivity contribution in [2.45, 2.75) is 212 Å². The minimum absolute atomic E-state index is 0. The van der Waals surface area contributed by atoms with E-state index >= 15 is 0 Å². The minimum Gasteiger partial charge on any atom is -0.462 e. The molecule has 306 valence electrons. The summed E-state index contributed by atoms with van der Waals surface area (Å²) in [4.78, 5) is 44.1. The molecule has 2 aliphatic heterocycles. The molecule has 0 aliphatic carbocycles. The summed E-state index contributed by atoms with van der Waals surface area (Å²) < 4.78 is 11.9. The number of likely N-dealkylation sites (tertiary alicyclic amines) is 1. The molecule has 0 N–H and O–H groups in total. The van der Waals surface area contributed by atoms with Gasteiger partial charge in [-0.15, -0.1) is 0 Å². The van der Waals surface area contributed by atoms with Crippen LogP contribution in [0.2, 0.25) is 0 Å². The molecule has 2 heterocycles. The Labute approximate surface area is 327 Å². The van der Waals surface area contributed by atoms with Crippen molar-refractivity contribution in [1.82, 2.24) is 9.96 Å². The molecule has 0 aromatic carbocycles. The van der Waals surface area contributed by atoms with Gasteiger partial charge in [-0.3, -0.25) is 14.4 Å². The first-order valence-corrected chi connectivity index (χ1v) is 19.9. The van der Waals surface area contributed by atoms with Crippen molar-refractivity contribution in [3.05, 3.63) is 40.6 Å². The highest BCUT2D eigenvalue weighted by Gasteiger charge is 2.48. The van der Waals surface area contributed by atoms with Crippen LogP contribution in [0.5, 0.6) is 0 Å². The van der Waals surface area contributed by atoms with Crippen molar-refractivity contribution in [1.29, 1.82) is 0 Å². The fourth-order valence-corrected chi connectivity index (χ4v) is 8.27. The van der Waals surface area contributed by atoms with Gasteiger partial charge in [-0.2, -0.15) is 5.06 Å². The molecular formula is C44H84N2O6. The van der Waals surface area contributed by atoms with E-state index in [9.17, 15) is 14.4 Å². The molecule has 0 bridgehead atoms. The van der Waals surface area contributed by atoms with Crippen molar-refractivity contribution in [3.8, 4) is 0 Å². The Bertz CT molecular complexity index is 1410. The zero-order valence-corrected chi connectivity index (χ0v) is 34.0. The number of nitrogens with zero attached hydrogens (tertiary/aromatic N) is 2. The summed E-state index contributed by atoms with van der Waals surface area (Å²) in [5, 5.41) is 2.16. The highest BCUT2D eigenvalue weighted by molar-refractivity contribution is 5.70. The maximum atomic E-state index is 12.8. The van der Waals surface area contributed by atoms with Gasteiger partial charge in [0.25, 0.3) is 0 Å². The number of rotatable bonds is 20. The number of esters is 2. The van der Waals surface area contributed by atoms with Crippen molar-refractivity contribution in [3.63, 3.8) is 0 Å². The highest BCUT2D eigenvalue weighted by atomic mass is 16.7. The topological polar surface area (TPSA) is 85.4 Å². The third-order valence-corrected chi connectivity index (χ3v) is 10.2. The molecule has 0 aromatic rings. The molecule has 2 fully saturated rings. The Morgan fingerprint density at radius 1 is 0.615 bits per heavy atom. The first kappa shape index (κ1) is 44.9. The minimum atomic E-state index is -0.264. The van der Waals surface area contributed by atoms with Crippen LogP contribution in [0.4, 0.5) is 0 Å². The molecule has 52 heavy (non-hydrogen) atoms. The van der Waals surface area contributed by atoms with E-state index in [1.165, 1.54) is 38.0 Å². The number of carbonyl (C=O) groups excluding carboxylic acids is 3.